The molecule has 1 aromatic carbocycles. The number of rotatable bonds is 1. The smallest absolute Gasteiger partial charge is 0.203 e. The van der Waals surface area contributed by atoms with Gasteiger partial charge in [-0.05, 0) is 31.0 Å². The summed E-state index contributed by atoms with van der Waals surface area (Å²) < 4.78 is 5.27. The number of carbonyl (C=O) groups excluding carboxylic acids is 1. The van der Waals surface area contributed by atoms with Gasteiger partial charge in [0.05, 0.1) is 10.9 Å². The Balaban J connectivity index is 2.99. The molecule has 0 saturated carbocycles. The van der Waals surface area contributed by atoms with Crippen molar-refractivity contribution in [1.82, 2.24) is 0 Å². The van der Waals surface area contributed by atoms with Crippen LogP contribution in [0.2, 0.25) is 0 Å². The SMILES string of the molecule is Cc1cc(C)c2occ(C=O)c(=O)c2c1. The second-order valence-electron chi connectivity index (χ2n) is 3.60. The van der Waals surface area contributed by atoms with Crippen LogP contribution in [0, 0.1) is 13.8 Å². The van der Waals surface area contributed by atoms with Gasteiger partial charge >= 0.3 is 0 Å². The maximum absolute atomic E-state index is 11.8. The zero-order valence-corrected chi connectivity index (χ0v) is 8.53. The maximum atomic E-state index is 11.8. The van der Waals surface area contributed by atoms with Gasteiger partial charge < -0.3 is 4.42 Å². The molecule has 3 heteroatoms. The van der Waals surface area contributed by atoms with Crippen LogP contribution in [0.3, 0.4) is 0 Å². The highest BCUT2D eigenvalue weighted by molar-refractivity contribution is 5.86. The van der Waals surface area contributed by atoms with Crippen molar-refractivity contribution in [2.24, 2.45) is 0 Å². The fourth-order valence-electron chi connectivity index (χ4n) is 1.69. The number of fused-ring (bicyclic) bond motifs is 1. The first-order valence-electron chi connectivity index (χ1n) is 4.61. The van der Waals surface area contributed by atoms with Crippen LogP contribution in [0.5, 0.6) is 0 Å². The van der Waals surface area contributed by atoms with E-state index in [1.165, 1.54) is 6.26 Å². The Morgan fingerprint density at radius 2 is 2.00 bits per heavy atom. The van der Waals surface area contributed by atoms with E-state index in [2.05, 4.69) is 0 Å². The van der Waals surface area contributed by atoms with E-state index in [1.54, 1.807) is 6.07 Å². The van der Waals surface area contributed by atoms with Gasteiger partial charge in [-0.2, -0.15) is 0 Å². The van der Waals surface area contributed by atoms with Crippen LogP contribution in [0.1, 0.15) is 21.5 Å². The molecule has 0 bridgehead atoms. The Kier molecular flexibility index (Phi) is 2.15. The molecule has 0 unspecified atom stereocenters. The summed E-state index contributed by atoms with van der Waals surface area (Å²) in [6.45, 7) is 3.78. The lowest BCUT2D eigenvalue weighted by atomic mass is 10.1. The molecule has 1 heterocycles. The maximum Gasteiger partial charge on any atom is 0.203 e. The number of carbonyl (C=O) groups is 1. The highest BCUT2D eigenvalue weighted by atomic mass is 16.3. The average molecular weight is 202 g/mol. The molecule has 1 aromatic heterocycles. The lowest BCUT2D eigenvalue weighted by Crippen LogP contribution is -2.08. The lowest BCUT2D eigenvalue weighted by molar-refractivity contribution is 0.112. The highest BCUT2D eigenvalue weighted by Gasteiger charge is 2.08. The van der Waals surface area contributed by atoms with Gasteiger partial charge in [0.25, 0.3) is 0 Å². The third kappa shape index (κ3) is 1.46. The van der Waals surface area contributed by atoms with Gasteiger partial charge in [0, 0.05) is 0 Å². The summed E-state index contributed by atoms with van der Waals surface area (Å²) in [7, 11) is 0. The van der Waals surface area contributed by atoms with E-state index in [4.69, 9.17) is 4.42 Å². The first-order valence-corrected chi connectivity index (χ1v) is 4.61. The van der Waals surface area contributed by atoms with E-state index >= 15 is 0 Å². The van der Waals surface area contributed by atoms with E-state index < -0.39 is 0 Å². The molecule has 0 amide bonds. The van der Waals surface area contributed by atoms with Gasteiger partial charge in [-0.3, -0.25) is 9.59 Å². The standard InChI is InChI=1S/C12H10O3/c1-7-3-8(2)12-10(4-7)11(14)9(5-13)6-15-12/h3-6H,1-2H3. The molecular formula is C12H10O3. The summed E-state index contributed by atoms with van der Waals surface area (Å²) >= 11 is 0. The zero-order chi connectivity index (χ0) is 11.0. The second-order valence-corrected chi connectivity index (χ2v) is 3.60. The molecule has 0 atom stereocenters. The number of hydrogen-bond donors (Lipinski definition) is 0. The van der Waals surface area contributed by atoms with Gasteiger partial charge in [0.15, 0.2) is 6.29 Å². The molecule has 2 aromatic rings. The topological polar surface area (TPSA) is 47.3 Å². The largest absolute Gasteiger partial charge is 0.463 e. The minimum absolute atomic E-state index is 0.0625. The first-order chi connectivity index (χ1) is 7.13. The molecule has 0 spiro atoms. The van der Waals surface area contributed by atoms with Gasteiger partial charge in [0.2, 0.25) is 5.43 Å². The van der Waals surface area contributed by atoms with Crippen molar-refractivity contribution in [3.63, 3.8) is 0 Å². The van der Waals surface area contributed by atoms with Crippen LogP contribution in [-0.4, -0.2) is 6.29 Å². The summed E-state index contributed by atoms with van der Waals surface area (Å²) in [6.07, 6.45) is 1.73. The molecule has 2 rings (SSSR count). The fraction of sp³-hybridized carbons (Fsp3) is 0.167. The Bertz CT molecular complexity index is 594. The monoisotopic (exact) mass is 202 g/mol. The third-order valence-electron chi connectivity index (χ3n) is 2.36. The van der Waals surface area contributed by atoms with E-state index in [-0.39, 0.29) is 11.0 Å². The molecule has 15 heavy (non-hydrogen) atoms. The normalized spacial score (nSPS) is 10.5. The van der Waals surface area contributed by atoms with Crippen LogP contribution >= 0.6 is 0 Å². The molecule has 0 radical (unpaired) electrons. The number of aldehydes is 1. The van der Waals surface area contributed by atoms with Crippen molar-refractivity contribution in [2.45, 2.75) is 13.8 Å². The first kappa shape index (κ1) is 9.65. The van der Waals surface area contributed by atoms with Crippen LogP contribution in [0.4, 0.5) is 0 Å². The average Bonchev–Trinajstić information content (AvgIpc) is 2.19. The Hall–Kier alpha value is -1.90. The van der Waals surface area contributed by atoms with Crippen molar-refractivity contribution in [2.75, 3.05) is 0 Å². The summed E-state index contributed by atoms with van der Waals surface area (Å²) in [5.74, 6) is 0. The van der Waals surface area contributed by atoms with Gasteiger partial charge in [-0.25, -0.2) is 0 Å². The number of hydrogen-bond acceptors (Lipinski definition) is 3. The van der Waals surface area contributed by atoms with E-state index in [9.17, 15) is 9.59 Å². The summed E-state index contributed by atoms with van der Waals surface area (Å²) in [6, 6.07) is 3.67. The molecule has 0 N–H and O–H groups in total. The van der Waals surface area contributed by atoms with Crippen molar-refractivity contribution < 1.29 is 9.21 Å². The number of aryl methyl sites for hydroxylation is 2. The summed E-state index contributed by atoms with van der Waals surface area (Å²) in [5, 5.41) is 0.470. The van der Waals surface area contributed by atoms with Crippen LogP contribution in [0.15, 0.2) is 27.6 Å². The summed E-state index contributed by atoms with van der Waals surface area (Å²) in [4.78, 5) is 22.4. The lowest BCUT2D eigenvalue weighted by Gasteiger charge is -2.02. The van der Waals surface area contributed by atoms with Crippen molar-refractivity contribution >= 4 is 17.3 Å². The Morgan fingerprint density at radius 1 is 1.27 bits per heavy atom. The van der Waals surface area contributed by atoms with Crippen LogP contribution in [-0.2, 0) is 0 Å². The van der Waals surface area contributed by atoms with Gasteiger partial charge in [-0.1, -0.05) is 6.07 Å². The molecule has 0 fully saturated rings. The molecule has 0 aliphatic rings. The Labute approximate surface area is 86.3 Å². The van der Waals surface area contributed by atoms with Crippen LogP contribution in [0.25, 0.3) is 11.0 Å². The van der Waals surface area contributed by atoms with Gasteiger partial charge in [0.1, 0.15) is 11.8 Å². The minimum atomic E-state index is -0.266. The molecule has 0 saturated heterocycles. The third-order valence-corrected chi connectivity index (χ3v) is 2.36. The van der Waals surface area contributed by atoms with Crippen molar-refractivity contribution in [3.05, 3.63) is 45.3 Å². The van der Waals surface area contributed by atoms with E-state index in [0.29, 0.717) is 17.3 Å². The second kappa shape index (κ2) is 3.35. The van der Waals surface area contributed by atoms with E-state index in [1.807, 2.05) is 19.9 Å². The van der Waals surface area contributed by atoms with Gasteiger partial charge in [-0.15, -0.1) is 0 Å². The summed E-state index contributed by atoms with van der Waals surface area (Å²) in [5.41, 5.74) is 2.23. The minimum Gasteiger partial charge on any atom is -0.463 e. The molecule has 0 aliphatic heterocycles. The quantitative estimate of drug-likeness (QED) is 0.666. The van der Waals surface area contributed by atoms with Crippen LogP contribution < -0.4 is 5.43 Å². The van der Waals surface area contributed by atoms with Crippen molar-refractivity contribution in [1.29, 1.82) is 0 Å². The fourth-order valence-corrected chi connectivity index (χ4v) is 1.69. The Morgan fingerprint density at radius 3 is 2.67 bits per heavy atom. The van der Waals surface area contributed by atoms with E-state index in [0.717, 1.165) is 11.1 Å². The molecular weight excluding hydrogens is 192 g/mol. The highest BCUT2D eigenvalue weighted by Crippen LogP contribution is 2.17. The molecule has 3 nitrogen and oxygen atoms in total. The predicted octanol–water partition coefficient (Wildman–Crippen LogP) is 2.22. The van der Waals surface area contributed by atoms with Crippen molar-refractivity contribution in [3.8, 4) is 0 Å². The molecule has 0 aliphatic carbocycles. The number of benzene rings is 1. The zero-order valence-electron chi connectivity index (χ0n) is 8.53. The predicted molar refractivity (Wildman–Crippen MR) is 57.3 cm³/mol. The molecule has 76 valence electrons.